The van der Waals surface area contributed by atoms with Crippen LogP contribution in [0.1, 0.15) is 18.1 Å². The summed E-state index contributed by atoms with van der Waals surface area (Å²) in [5.41, 5.74) is 3.53. The van der Waals surface area contributed by atoms with Crippen molar-refractivity contribution in [2.24, 2.45) is 0 Å². The van der Waals surface area contributed by atoms with Crippen LogP contribution in [0.4, 0.5) is 0 Å². The molecule has 178 valence electrons. The van der Waals surface area contributed by atoms with Crippen LogP contribution in [0.25, 0.3) is 11.0 Å². The van der Waals surface area contributed by atoms with Crippen molar-refractivity contribution >= 4 is 11.0 Å². The van der Waals surface area contributed by atoms with E-state index >= 15 is 0 Å². The van der Waals surface area contributed by atoms with Gasteiger partial charge in [0.25, 0.3) is 0 Å². The summed E-state index contributed by atoms with van der Waals surface area (Å²) in [6.45, 7) is 2.05. The number of aliphatic hydroxyl groups is 4. The third kappa shape index (κ3) is 4.81. The first-order valence-corrected chi connectivity index (χ1v) is 10.7. The second-order valence-corrected chi connectivity index (χ2v) is 7.91. The number of hydrogen-bond donors (Lipinski definition) is 4. The molecule has 0 bridgehead atoms. The number of methoxy groups -OCH3 is 1. The third-order valence-corrected chi connectivity index (χ3v) is 5.76. The molecule has 0 aliphatic carbocycles. The van der Waals surface area contributed by atoms with Gasteiger partial charge in [0.2, 0.25) is 0 Å². The molecule has 4 rings (SSSR count). The first-order chi connectivity index (χ1) is 15.9. The van der Waals surface area contributed by atoms with Gasteiger partial charge < -0.3 is 39.4 Å². The van der Waals surface area contributed by atoms with E-state index in [-0.39, 0.29) is 5.75 Å². The summed E-state index contributed by atoms with van der Waals surface area (Å²) >= 11 is 0. The fourth-order valence-corrected chi connectivity index (χ4v) is 3.81. The van der Waals surface area contributed by atoms with E-state index in [0.717, 1.165) is 12.0 Å². The number of imidazole rings is 1. The Hall–Kier alpha value is -2.73. The Labute approximate surface area is 190 Å². The predicted molar refractivity (Wildman–Crippen MR) is 117 cm³/mol. The van der Waals surface area contributed by atoms with Gasteiger partial charge in [-0.15, -0.1) is 0 Å². The van der Waals surface area contributed by atoms with Crippen LogP contribution in [-0.2, 0) is 22.6 Å². The highest BCUT2D eigenvalue weighted by molar-refractivity contribution is 5.84. The van der Waals surface area contributed by atoms with Crippen LogP contribution in [0.15, 0.2) is 42.7 Å². The molecule has 0 radical (unpaired) electrons. The highest BCUT2D eigenvalue weighted by atomic mass is 17.2. The lowest BCUT2D eigenvalue weighted by atomic mass is 9.99. The molecular formula is C23H28N2O8. The largest absolute Gasteiger partial charge is 0.497 e. The molecule has 1 unspecified atom stereocenters. The molecule has 2 aromatic carbocycles. The van der Waals surface area contributed by atoms with Gasteiger partial charge in [-0.25, -0.2) is 4.98 Å². The van der Waals surface area contributed by atoms with Crippen LogP contribution in [0, 0.1) is 0 Å². The second-order valence-electron chi connectivity index (χ2n) is 7.91. The van der Waals surface area contributed by atoms with Crippen molar-refractivity contribution in [3.8, 4) is 11.5 Å². The van der Waals surface area contributed by atoms with Gasteiger partial charge >= 0.3 is 0 Å². The lowest BCUT2D eigenvalue weighted by Gasteiger charge is -2.38. The molecule has 1 aromatic heterocycles. The number of fused-ring (bicyclic) bond motifs is 1. The Balaban J connectivity index is 1.60. The fraction of sp³-hybridized carbons (Fsp3) is 0.435. The molecule has 33 heavy (non-hydrogen) atoms. The van der Waals surface area contributed by atoms with Crippen molar-refractivity contribution in [3.05, 3.63) is 53.9 Å². The number of ether oxygens (including phenoxy) is 2. The monoisotopic (exact) mass is 460 g/mol. The van der Waals surface area contributed by atoms with E-state index in [1.165, 1.54) is 12.7 Å². The van der Waals surface area contributed by atoms with Crippen molar-refractivity contribution in [3.63, 3.8) is 0 Å². The molecule has 1 saturated heterocycles. The van der Waals surface area contributed by atoms with E-state index in [0.29, 0.717) is 23.3 Å². The molecule has 4 N–H and O–H groups in total. The molecule has 10 nitrogen and oxygen atoms in total. The Morgan fingerprint density at radius 3 is 2.45 bits per heavy atom. The zero-order valence-corrected chi connectivity index (χ0v) is 18.4. The van der Waals surface area contributed by atoms with E-state index in [4.69, 9.17) is 19.2 Å². The predicted octanol–water partition coefficient (Wildman–Crippen LogP) is 0.766. The summed E-state index contributed by atoms with van der Waals surface area (Å²) in [7, 11) is 1.51. The Morgan fingerprint density at radius 2 is 1.79 bits per heavy atom. The van der Waals surface area contributed by atoms with Gasteiger partial charge in [0.1, 0.15) is 29.6 Å². The van der Waals surface area contributed by atoms with Crippen LogP contribution in [0.5, 0.6) is 11.5 Å². The van der Waals surface area contributed by atoms with Gasteiger partial charge in [-0.3, -0.25) is 0 Å². The van der Waals surface area contributed by atoms with Crippen LogP contribution in [0.3, 0.4) is 0 Å². The molecule has 2 heterocycles. The molecule has 1 aliphatic rings. The van der Waals surface area contributed by atoms with E-state index in [9.17, 15) is 20.4 Å². The van der Waals surface area contributed by atoms with Crippen LogP contribution < -0.4 is 9.62 Å². The summed E-state index contributed by atoms with van der Waals surface area (Å²) in [4.78, 5) is 15.3. The van der Waals surface area contributed by atoms with Crippen molar-refractivity contribution in [1.29, 1.82) is 0 Å². The summed E-state index contributed by atoms with van der Waals surface area (Å²) in [6.07, 6.45) is -4.56. The smallest absolute Gasteiger partial charge is 0.194 e. The van der Waals surface area contributed by atoms with Crippen molar-refractivity contribution < 1.29 is 39.7 Å². The van der Waals surface area contributed by atoms with Crippen molar-refractivity contribution in [2.45, 2.75) is 50.6 Å². The number of benzene rings is 2. The zero-order chi connectivity index (χ0) is 23.5. The van der Waals surface area contributed by atoms with Gasteiger partial charge in [-0.1, -0.05) is 31.2 Å². The molecule has 1 aliphatic heterocycles. The zero-order valence-electron chi connectivity index (χ0n) is 18.4. The summed E-state index contributed by atoms with van der Waals surface area (Å²) in [5, 5.41) is 39.8. The van der Waals surface area contributed by atoms with Crippen LogP contribution in [-0.4, -0.2) is 74.4 Å². The number of hydrogen-bond acceptors (Lipinski definition) is 9. The summed E-state index contributed by atoms with van der Waals surface area (Å²) < 4.78 is 12.3. The Morgan fingerprint density at radius 1 is 1.06 bits per heavy atom. The van der Waals surface area contributed by atoms with Gasteiger partial charge in [-0.2, -0.15) is 4.89 Å². The second kappa shape index (κ2) is 10.0. The lowest BCUT2D eigenvalue weighted by molar-refractivity contribution is -0.364. The average molecular weight is 460 g/mol. The van der Waals surface area contributed by atoms with E-state index in [1.54, 1.807) is 18.5 Å². The van der Waals surface area contributed by atoms with Gasteiger partial charge in [0, 0.05) is 18.7 Å². The minimum absolute atomic E-state index is 0.241. The first kappa shape index (κ1) is 23.4. The van der Waals surface area contributed by atoms with E-state index < -0.39 is 37.3 Å². The first-order valence-electron chi connectivity index (χ1n) is 10.7. The molecule has 0 amide bonds. The van der Waals surface area contributed by atoms with Crippen molar-refractivity contribution in [2.75, 3.05) is 13.7 Å². The SMILES string of the molecule is CCc1ccc(Cn2cnc3cc(OC)cc(OO[C@H]4C(O)O[C@H](CO)[C@@H](O)[C@@H]4O)c32)cc1. The van der Waals surface area contributed by atoms with Gasteiger partial charge in [0.15, 0.2) is 18.1 Å². The molecule has 10 heteroatoms. The topological polar surface area (TPSA) is 136 Å². The van der Waals surface area contributed by atoms with Crippen molar-refractivity contribution in [1.82, 2.24) is 9.55 Å². The maximum Gasteiger partial charge on any atom is 0.194 e. The minimum atomic E-state index is -1.62. The normalized spacial score (nSPS) is 25.3. The maximum atomic E-state index is 10.3. The number of aliphatic hydroxyl groups excluding tert-OH is 4. The number of aromatic nitrogens is 2. The van der Waals surface area contributed by atoms with Crippen LogP contribution >= 0.6 is 0 Å². The number of rotatable bonds is 8. The lowest BCUT2D eigenvalue weighted by Crippen LogP contribution is -2.59. The minimum Gasteiger partial charge on any atom is -0.497 e. The Kier molecular flexibility index (Phi) is 7.13. The Bertz CT molecular complexity index is 1070. The fourth-order valence-electron chi connectivity index (χ4n) is 3.81. The third-order valence-electron chi connectivity index (χ3n) is 5.76. The molecule has 5 atom stereocenters. The standard InChI is InChI=1S/C23H28N2O8/c1-3-13-4-6-14(7-5-13)10-25-12-24-16-8-15(30-2)9-17(19(16)25)32-33-22-21(28)20(27)18(11-26)31-23(22)29/h4-9,12,18,20-23,26-29H,3,10-11H2,1-2H3/t18-,20-,21+,22-,23?/m1/s1. The summed E-state index contributed by atoms with van der Waals surface area (Å²) in [6, 6.07) is 11.6. The van der Waals surface area contributed by atoms with E-state index in [2.05, 4.69) is 36.2 Å². The highest BCUT2D eigenvalue weighted by Crippen LogP contribution is 2.32. The molecular weight excluding hydrogens is 432 g/mol. The molecule has 1 fully saturated rings. The van der Waals surface area contributed by atoms with Crippen LogP contribution in [0.2, 0.25) is 0 Å². The summed E-state index contributed by atoms with van der Waals surface area (Å²) in [5.74, 6) is 0.713. The van der Waals surface area contributed by atoms with Gasteiger partial charge in [0.05, 0.1) is 25.6 Å². The molecule has 0 saturated carbocycles. The maximum absolute atomic E-state index is 10.3. The molecule has 3 aromatic rings. The quantitative estimate of drug-likeness (QED) is 0.284. The number of aryl methyl sites for hydroxylation is 1. The average Bonchev–Trinajstić information content (AvgIpc) is 3.24. The van der Waals surface area contributed by atoms with Gasteiger partial charge in [-0.05, 0) is 17.5 Å². The molecule has 0 spiro atoms. The van der Waals surface area contributed by atoms with E-state index in [1.807, 2.05) is 4.57 Å². The number of nitrogens with zero attached hydrogens (tertiary/aromatic N) is 2. The highest BCUT2D eigenvalue weighted by Gasteiger charge is 2.45.